The van der Waals surface area contributed by atoms with Crippen LogP contribution in [0.25, 0.3) is 10.9 Å². The molecule has 3 aromatic rings. The van der Waals surface area contributed by atoms with Gasteiger partial charge in [0.25, 0.3) is 5.91 Å². The van der Waals surface area contributed by atoms with Crippen LogP contribution in [0.4, 0.5) is 5.95 Å². The molecule has 0 saturated carbocycles. The van der Waals surface area contributed by atoms with Gasteiger partial charge < -0.3 is 9.64 Å². The van der Waals surface area contributed by atoms with Crippen molar-refractivity contribution in [3.8, 4) is 5.88 Å². The number of rotatable bonds is 5. The summed E-state index contributed by atoms with van der Waals surface area (Å²) < 4.78 is 6.81. The standard InChI is InChI=1S/C21H24N6O3/c1-26-13-22-21(25-26)24-18(28)11-14-7-9-27(10-8-14)20(29)16-12-19(30-2)23-17-6-4-3-5-15(16)17/h3-6,12-14H,7-11H2,1-2H3,(H,24,25,28). The van der Waals surface area contributed by atoms with E-state index in [2.05, 4.69) is 20.4 Å². The molecule has 1 aliphatic rings. The van der Waals surface area contributed by atoms with Crippen molar-refractivity contribution in [1.82, 2.24) is 24.6 Å². The summed E-state index contributed by atoms with van der Waals surface area (Å²) in [6, 6.07) is 9.26. The molecule has 0 atom stereocenters. The van der Waals surface area contributed by atoms with E-state index in [0.717, 1.165) is 23.7 Å². The Bertz CT molecular complexity index is 1070. The lowest BCUT2D eigenvalue weighted by atomic mass is 9.92. The Kier molecular flexibility index (Phi) is 5.60. The molecule has 2 aromatic heterocycles. The molecule has 156 valence electrons. The maximum absolute atomic E-state index is 13.2. The first-order valence-corrected chi connectivity index (χ1v) is 9.92. The first-order valence-electron chi connectivity index (χ1n) is 9.92. The van der Waals surface area contributed by atoms with Crippen LogP contribution in [0.15, 0.2) is 36.7 Å². The second-order valence-corrected chi connectivity index (χ2v) is 7.46. The smallest absolute Gasteiger partial charge is 0.254 e. The Morgan fingerprint density at radius 1 is 1.23 bits per heavy atom. The Labute approximate surface area is 174 Å². The number of likely N-dealkylation sites (tertiary alicyclic amines) is 1. The van der Waals surface area contributed by atoms with Crippen molar-refractivity contribution in [2.75, 3.05) is 25.5 Å². The zero-order valence-corrected chi connectivity index (χ0v) is 17.0. The van der Waals surface area contributed by atoms with E-state index >= 15 is 0 Å². The van der Waals surface area contributed by atoms with E-state index in [1.165, 1.54) is 11.0 Å². The number of benzene rings is 1. The Hall–Kier alpha value is -3.49. The van der Waals surface area contributed by atoms with E-state index in [4.69, 9.17) is 4.74 Å². The summed E-state index contributed by atoms with van der Waals surface area (Å²) in [5, 5.41) is 7.59. The normalized spacial score (nSPS) is 14.7. The predicted molar refractivity (Wildman–Crippen MR) is 111 cm³/mol. The largest absolute Gasteiger partial charge is 0.481 e. The quantitative estimate of drug-likeness (QED) is 0.695. The Balaban J connectivity index is 1.39. The minimum atomic E-state index is -0.101. The number of nitrogens with zero attached hydrogens (tertiary/aromatic N) is 5. The number of hydrogen-bond acceptors (Lipinski definition) is 6. The summed E-state index contributed by atoms with van der Waals surface area (Å²) >= 11 is 0. The number of amides is 2. The van der Waals surface area contributed by atoms with Crippen molar-refractivity contribution in [2.45, 2.75) is 19.3 Å². The number of anilines is 1. The molecule has 0 spiro atoms. The maximum Gasteiger partial charge on any atom is 0.254 e. The maximum atomic E-state index is 13.2. The number of hydrogen-bond donors (Lipinski definition) is 1. The van der Waals surface area contributed by atoms with Crippen LogP contribution in [0, 0.1) is 5.92 Å². The zero-order chi connectivity index (χ0) is 21.1. The second-order valence-electron chi connectivity index (χ2n) is 7.46. The van der Waals surface area contributed by atoms with Gasteiger partial charge in [-0.25, -0.2) is 9.97 Å². The van der Waals surface area contributed by atoms with Gasteiger partial charge >= 0.3 is 0 Å². The molecular weight excluding hydrogens is 384 g/mol. The molecule has 9 heteroatoms. The number of nitrogens with one attached hydrogen (secondary N) is 1. The number of carbonyl (C=O) groups excluding carboxylic acids is 2. The number of pyridine rings is 1. The van der Waals surface area contributed by atoms with E-state index in [9.17, 15) is 9.59 Å². The molecule has 0 aliphatic carbocycles. The first-order chi connectivity index (χ1) is 14.5. The average molecular weight is 408 g/mol. The van der Waals surface area contributed by atoms with Crippen LogP contribution in [0.2, 0.25) is 0 Å². The molecule has 2 amide bonds. The number of piperidine rings is 1. The fourth-order valence-corrected chi connectivity index (χ4v) is 3.78. The lowest BCUT2D eigenvalue weighted by molar-refractivity contribution is -0.117. The summed E-state index contributed by atoms with van der Waals surface area (Å²) in [5.74, 6) is 0.824. The van der Waals surface area contributed by atoms with Crippen LogP contribution in [0.1, 0.15) is 29.6 Å². The van der Waals surface area contributed by atoms with Gasteiger partial charge in [-0.15, -0.1) is 5.10 Å². The predicted octanol–water partition coefficient (Wildman–Crippen LogP) is 2.25. The van der Waals surface area contributed by atoms with Gasteiger partial charge in [0.1, 0.15) is 6.33 Å². The highest BCUT2D eigenvalue weighted by Gasteiger charge is 2.26. The van der Waals surface area contributed by atoms with Crippen molar-refractivity contribution in [3.05, 3.63) is 42.2 Å². The molecule has 0 unspecified atom stereocenters. The van der Waals surface area contributed by atoms with Gasteiger partial charge in [-0.1, -0.05) is 18.2 Å². The molecule has 4 rings (SSSR count). The van der Waals surface area contributed by atoms with Gasteiger partial charge in [0.15, 0.2) is 0 Å². The fourth-order valence-electron chi connectivity index (χ4n) is 3.78. The molecular formula is C21H24N6O3. The molecule has 1 aromatic carbocycles. The van der Waals surface area contributed by atoms with Crippen LogP contribution in [0.3, 0.4) is 0 Å². The highest BCUT2D eigenvalue weighted by molar-refractivity contribution is 6.06. The van der Waals surface area contributed by atoms with Crippen LogP contribution in [0.5, 0.6) is 5.88 Å². The Morgan fingerprint density at radius 2 is 2.00 bits per heavy atom. The minimum absolute atomic E-state index is 0.0347. The molecule has 3 heterocycles. The summed E-state index contributed by atoms with van der Waals surface area (Å²) in [6.45, 7) is 1.22. The van der Waals surface area contributed by atoms with E-state index < -0.39 is 0 Å². The minimum Gasteiger partial charge on any atom is -0.481 e. The van der Waals surface area contributed by atoms with Crippen LogP contribution in [-0.2, 0) is 11.8 Å². The lowest BCUT2D eigenvalue weighted by Crippen LogP contribution is -2.39. The third-order valence-electron chi connectivity index (χ3n) is 5.36. The number of aromatic nitrogens is 4. The first kappa shape index (κ1) is 19.8. The monoisotopic (exact) mass is 408 g/mol. The van der Waals surface area contributed by atoms with E-state index in [1.54, 1.807) is 20.2 Å². The number of carbonyl (C=O) groups is 2. The van der Waals surface area contributed by atoms with Gasteiger partial charge in [0.2, 0.25) is 17.7 Å². The van der Waals surface area contributed by atoms with E-state index in [0.29, 0.717) is 36.9 Å². The van der Waals surface area contributed by atoms with Crippen LogP contribution in [-0.4, -0.2) is 56.7 Å². The third-order valence-corrected chi connectivity index (χ3v) is 5.36. The van der Waals surface area contributed by atoms with Gasteiger partial charge in [-0.3, -0.25) is 19.6 Å². The SMILES string of the molecule is COc1cc(C(=O)N2CCC(CC(=O)Nc3ncn(C)n3)CC2)c2ccccc2n1. The molecule has 1 aliphatic heterocycles. The number of methoxy groups -OCH3 is 1. The fraction of sp³-hybridized carbons (Fsp3) is 0.381. The highest BCUT2D eigenvalue weighted by atomic mass is 16.5. The molecule has 30 heavy (non-hydrogen) atoms. The number of fused-ring (bicyclic) bond motifs is 1. The highest BCUT2D eigenvalue weighted by Crippen LogP contribution is 2.26. The van der Waals surface area contributed by atoms with Crippen molar-refractivity contribution in [2.24, 2.45) is 13.0 Å². The third kappa shape index (κ3) is 4.24. The van der Waals surface area contributed by atoms with Gasteiger partial charge in [-0.05, 0) is 24.8 Å². The average Bonchev–Trinajstić information content (AvgIpc) is 3.17. The van der Waals surface area contributed by atoms with Gasteiger partial charge in [0, 0.05) is 38.0 Å². The summed E-state index contributed by atoms with van der Waals surface area (Å²) in [6.07, 6.45) is 3.48. The molecule has 1 N–H and O–H groups in total. The molecule has 0 bridgehead atoms. The van der Waals surface area contributed by atoms with Crippen molar-refractivity contribution >= 4 is 28.7 Å². The molecule has 1 saturated heterocycles. The van der Waals surface area contributed by atoms with Crippen LogP contribution >= 0.6 is 0 Å². The molecule has 0 radical (unpaired) electrons. The number of ether oxygens (including phenoxy) is 1. The van der Waals surface area contributed by atoms with Crippen LogP contribution < -0.4 is 10.1 Å². The molecule has 9 nitrogen and oxygen atoms in total. The summed E-state index contributed by atoms with van der Waals surface area (Å²) in [5.41, 5.74) is 1.32. The summed E-state index contributed by atoms with van der Waals surface area (Å²) in [4.78, 5) is 35.7. The van der Waals surface area contributed by atoms with Crippen molar-refractivity contribution < 1.29 is 14.3 Å². The molecule has 1 fully saturated rings. The topological polar surface area (TPSA) is 102 Å². The zero-order valence-electron chi connectivity index (χ0n) is 17.0. The number of aryl methyl sites for hydroxylation is 1. The lowest BCUT2D eigenvalue weighted by Gasteiger charge is -2.32. The second kappa shape index (κ2) is 8.48. The van der Waals surface area contributed by atoms with Gasteiger partial charge in [0.05, 0.1) is 18.2 Å². The van der Waals surface area contributed by atoms with E-state index in [-0.39, 0.29) is 17.7 Å². The Morgan fingerprint density at radius 3 is 2.70 bits per heavy atom. The number of para-hydroxylation sites is 1. The van der Waals surface area contributed by atoms with E-state index in [1.807, 2.05) is 29.2 Å². The van der Waals surface area contributed by atoms with Crippen molar-refractivity contribution in [1.29, 1.82) is 0 Å². The van der Waals surface area contributed by atoms with Gasteiger partial charge in [-0.2, -0.15) is 0 Å². The van der Waals surface area contributed by atoms with Crippen molar-refractivity contribution in [3.63, 3.8) is 0 Å². The summed E-state index contributed by atoms with van der Waals surface area (Å²) in [7, 11) is 3.29.